The highest BCUT2D eigenvalue weighted by Gasteiger charge is 2.31. The third-order valence-corrected chi connectivity index (χ3v) is 4.49. The van der Waals surface area contributed by atoms with Crippen LogP contribution in [0, 0.1) is 11.8 Å². The Morgan fingerprint density at radius 2 is 2.00 bits per heavy atom. The maximum atomic E-state index is 5.99. The number of rotatable bonds is 5. The van der Waals surface area contributed by atoms with Crippen molar-refractivity contribution in [2.45, 2.75) is 25.3 Å². The largest absolute Gasteiger partial charge is 0.381 e. The van der Waals surface area contributed by atoms with Gasteiger partial charge in [-0.15, -0.1) is 0 Å². The molecule has 2 rings (SSSR count). The fourth-order valence-electron chi connectivity index (χ4n) is 3.48. The van der Waals surface area contributed by atoms with E-state index in [9.17, 15) is 0 Å². The van der Waals surface area contributed by atoms with E-state index in [2.05, 4.69) is 23.9 Å². The first-order chi connectivity index (χ1) is 8.70. The lowest BCUT2D eigenvalue weighted by Crippen LogP contribution is -2.50. The van der Waals surface area contributed by atoms with Gasteiger partial charge in [-0.3, -0.25) is 4.90 Å². The summed E-state index contributed by atoms with van der Waals surface area (Å²) in [5.74, 6) is 1.54. The van der Waals surface area contributed by atoms with E-state index in [1.165, 1.54) is 38.9 Å². The zero-order valence-electron chi connectivity index (χ0n) is 12.0. The van der Waals surface area contributed by atoms with Crippen LogP contribution in [0.15, 0.2) is 0 Å². The zero-order chi connectivity index (χ0) is 13.0. The molecule has 0 bridgehead atoms. The summed E-state index contributed by atoms with van der Waals surface area (Å²) in [4.78, 5) is 4.93. The van der Waals surface area contributed by atoms with Crippen molar-refractivity contribution >= 4 is 0 Å². The third kappa shape index (κ3) is 3.67. The third-order valence-electron chi connectivity index (χ3n) is 4.49. The van der Waals surface area contributed by atoms with Crippen LogP contribution in [-0.4, -0.2) is 69.3 Å². The monoisotopic (exact) mass is 255 g/mol. The van der Waals surface area contributed by atoms with E-state index >= 15 is 0 Å². The number of hydrogen-bond acceptors (Lipinski definition) is 4. The van der Waals surface area contributed by atoms with Gasteiger partial charge in [0.05, 0.1) is 6.61 Å². The number of ether oxygens (including phenoxy) is 1. The van der Waals surface area contributed by atoms with Gasteiger partial charge in [-0.2, -0.15) is 0 Å². The Morgan fingerprint density at radius 3 is 2.50 bits per heavy atom. The van der Waals surface area contributed by atoms with Crippen molar-refractivity contribution in [3.8, 4) is 0 Å². The molecule has 4 heteroatoms. The van der Waals surface area contributed by atoms with E-state index in [1.54, 1.807) is 0 Å². The van der Waals surface area contributed by atoms with Crippen molar-refractivity contribution in [1.82, 2.24) is 9.80 Å². The van der Waals surface area contributed by atoms with Gasteiger partial charge in [-0.25, -0.2) is 0 Å². The van der Waals surface area contributed by atoms with Crippen molar-refractivity contribution in [2.24, 2.45) is 17.6 Å². The quantitative estimate of drug-likeness (QED) is 0.782. The van der Waals surface area contributed by atoms with Crippen LogP contribution in [0.3, 0.4) is 0 Å². The molecule has 2 atom stereocenters. The number of likely N-dealkylation sites (tertiary alicyclic amines) is 1. The Hall–Kier alpha value is -0.160. The van der Waals surface area contributed by atoms with Gasteiger partial charge in [0.2, 0.25) is 0 Å². The van der Waals surface area contributed by atoms with Crippen molar-refractivity contribution in [3.63, 3.8) is 0 Å². The molecule has 4 nitrogen and oxygen atoms in total. The average Bonchev–Trinajstić information content (AvgIpc) is 2.85. The van der Waals surface area contributed by atoms with E-state index in [0.717, 1.165) is 25.7 Å². The molecule has 0 saturated carbocycles. The Morgan fingerprint density at radius 1 is 1.28 bits per heavy atom. The van der Waals surface area contributed by atoms with Crippen molar-refractivity contribution < 1.29 is 4.74 Å². The first kappa shape index (κ1) is 14.3. The van der Waals surface area contributed by atoms with Gasteiger partial charge in [0.25, 0.3) is 0 Å². The van der Waals surface area contributed by atoms with Crippen LogP contribution in [0.4, 0.5) is 0 Å². The summed E-state index contributed by atoms with van der Waals surface area (Å²) < 4.78 is 5.52. The van der Waals surface area contributed by atoms with Crippen LogP contribution in [0.2, 0.25) is 0 Å². The Balaban J connectivity index is 1.80. The summed E-state index contributed by atoms with van der Waals surface area (Å²) in [7, 11) is 4.34. The molecule has 106 valence electrons. The molecule has 2 aliphatic rings. The summed E-state index contributed by atoms with van der Waals surface area (Å²) in [5.41, 5.74) is 5.99. The lowest BCUT2D eigenvalue weighted by molar-refractivity contribution is 0.0822. The molecule has 2 N–H and O–H groups in total. The van der Waals surface area contributed by atoms with Crippen LogP contribution >= 0.6 is 0 Å². The van der Waals surface area contributed by atoms with E-state index in [0.29, 0.717) is 12.0 Å². The maximum Gasteiger partial charge on any atom is 0.0510 e. The van der Waals surface area contributed by atoms with Gasteiger partial charge in [0.1, 0.15) is 0 Å². The Bertz CT molecular complexity index is 233. The summed E-state index contributed by atoms with van der Waals surface area (Å²) in [5, 5.41) is 0. The van der Waals surface area contributed by atoms with Crippen LogP contribution in [0.5, 0.6) is 0 Å². The molecule has 2 aliphatic heterocycles. The van der Waals surface area contributed by atoms with Gasteiger partial charge in [0.15, 0.2) is 0 Å². The summed E-state index contributed by atoms with van der Waals surface area (Å²) in [6, 6.07) is 0.549. The topological polar surface area (TPSA) is 41.7 Å². The molecule has 2 heterocycles. The summed E-state index contributed by atoms with van der Waals surface area (Å²) in [6.45, 7) is 6.30. The second-order valence-corrected chi connectivity index (χ2v) is 6.17. The average molecular weight is 255 g/mol. The molecule has 18 heavy (non-hydrogen) atoms. The Kier molecular flexibility index (Phi) is 5.42. The fraction of sp³-hybridized carbons (Fsp3) is 1.00. The lowest BCUT2D eigenvalue weighted by atomic mass is 9.91. The molecular formula is C14H29N3O. The van der Waals surface area contributed by atoms with Crippen molar-refractivity contribution in [2.75, 3.05) is 53.5 Å². The van der Waals surface area contributed by atoms with E-state index in [4.69, 9.17) is 10.5 Å². The van der Waals surface area contributed by atoms with Crippen molar-refractivity contribution in [1.29, 1.82) is 0 Å². The second-order valence-electron chi connectivity index (χ2n) is 6.17. The molecule has 0 aromatic rings. The normalized spacial score (nSPS) is 29.0. The molecule has 2 unspecified atom stereocenters. The van der Waals surface area contributed by atoms with Crippen molar-refractivity contribution in [3.05, 3.63) is 0 Å². The standard InChI is InChI=1S/C14H29N3O/c1-16(2)10-12-3-6-17(7-4-12)14(9-15)13-5-8-18-11-13/h12-14H,3-11,15H2,1-2H3. The summed E-state index contributed by atoms with van der Waals surface area (Å²) >= 11 is 0. The van der Waals surface area contributed by atoms with E-state index < -0.39 is 0 Å². The number of hydrogen-bond donors (Lipinski definition) is 1. The molecule has 0 spiro atoms. The number of nitrogens with zero attached hydrogens (tertiary/aromatic N) is 2. The first-order valence-electron chi connectivity index (χ1n) is 7.37. The number of nitrogens with two attached hydrogens (primary N) is 1. The molecule has 0 amide bonds. The smallest absolute Gasteiger partial charge is 0.0510 e. The minimum Gasteiger partial charge on any atom is -0.381 e. The van der Waals surface area contributed by atoms with E-state index in [1.807, 2.05) is 0 Å². The van der Waals surface area contributed by atoms with Gasteiger partial charge < -0.3 is 15.4 Å². The highest BCUT2D eigenvalue weighted by Crippen LogP contribution is 2.25. The predicted molar refractivity (Wildman–Crippen MR) is 74.6 cm³/mol. The second kappa shape index (κ2) is 6.85. The summed E-state index contributed by atoms with van der Waals surface area (Å²) in [6.07, 6.45) is 3.84. The fourth-order valence-corrected chi connectivity index (χ4v) is 3.48. The van der Waals surface area contributed by atoms with Gasteiger partial charge >= 0.3 is 0 Å². The van der Waals surface area contributed by atoms with Gasteiger partial charge in [-0.1, -0.05) is 0 Å². The minimum atomic E-state index is 0.549. The molecule has 0 radical (unpaired) electrons. The first-order valence-corrected chi connectivity index (χ1v) is 7.37. The highest BCUT2D eigenvalue weighted by atomic mass is 16.5. The molecule has 0 aromatic carbocycles. The van der Waals surface area contributed by atoms with Gasteiger partial charge in [0, 0.05) is 31.7 Å². The van der Waals surface area contributed by atoms with Crippen LogP contribution < -0.4 is 5.73 Å². The number of piperidine rings is 1. The molecular weight excluding hydrogens is 226 g/mol. The van der Waals surface area contributed by atoms with Crippen LogP contribution in [0.25, 0.3) is 0 Å². The van der Waals surface area contributed by atoms with E-state index in [-0.39, 0.29) is 0 Å². The van der Waals surface area contributed by atoms with Gasteiger partial charge in [-0.05, 0) is 52.4 Å². The SMILES string of the molecule is CN(C)CC1CCN(C(CN)C2CCOC2)CC1. The van der Waals surface area contributed by atoms with Crippen LogP contribution in [0.1, 0.15) is 19.3 Å². The van der Waals surface area contributed by atoms with Crippen LogP contribution in [-0.2, 0) is 4.74 Å². The maximum absolute atomic E-state index is 5.99. The predicted octanol–water partition coefficient (Wildman–Crippen LogP) is 0.624. The molecule has 0 aliphatic carbocycles. The Labute approximate surface area is 111 Å². The molecule has 0 aromatic heterocycles. The zero-order valence-corrected chi connectivity index (χ0v) is 12.0. The molecule has 2 saturated heterocycles. The molecule has 2 fully saturated rings. The minimum absolute atomic E-state index is 0.549. The lowest BCUT2D eigenvalue weighted by Gasteiger charge is -2.40. The highest BCUT2D eigenvalue weighted by molar-refractivity contribution is 4.86.